The van der Waals surface area contributed by atoms with Crippen LogP contribution in [0.25, 0.3) is 0 Å². The molecule has 1 N–H and O–H groups in total. The van der Waals surface area contributed by atoms with E-state index in [2.05, 4.69) is 5.32 Å². The Kier molecular flexibility index (Phi) is 4.02. The first-order chi connectivity index (χ1) is 10.9. The van der Waals surface area contributed by atoms with Gasteiger partial charge in [0.2, 0.25) is 0 Å². The molecule has 0 radical (unpaired) electrons. The minimum Gasteiger partial charge on any atom is -0.322 e. The number of halogens is 1. The molecule has 0 saturated heterocycles. The molecule has 1 heterocycles. The minimum absolute atomic E-state index is 0.208. The van der Waals surface area contributed by atoms with Crippen molar-refractivity contribution >= 4 is 23.2 Å². The van der Waals surface area contributed by atoms with Crippen LogP contribution >= 0.6 is 11.6 Å². The summed E-state index contributed by atoms with van der Waals surface area (Å²) < 4.78 is 1.74. The van der Waals surface area contributed by atoms with Crippen LogP contribution in [0.2, 0.25) is 5.02 Å². The lowest BCUT2D eigenvalue weighted by molar-refractivity contribution is 0.102. The fraction of sp³-hybridized carbons (Fsp3) is 0.333. The summed E-state index contributed by atoms with van der Waals surface area (Å²) in [5, 5.41) is 3.36. The van der Waals surface area contributed by atoms with Crippen LogP contribution in [-0.4, -0.2) is 10.5 Å². The molecule has 0 unspecified atom stereocenters. The largest absolute Gasteiger partial charge is 0.322 e. The number of nitrogens with zero attached hydrogens (tertiary/aromatic N) is 1. The number of hydrogen-bond acceptors (Lipinski definition) is 2. The summed E-state index contributed by atoms with van der Waals surface area (Å²) in [6.07, 6.45) is 2.00. The summed E-state index contributed by atoms with van der Waals surface area (Å²) in [6.45, 7) is 5.60. The fourth-order valence-electron chi connectivity index (χ4n) is 2.83. The van der Waals surface area contributed by atoms with E-state index in [1.165, 1.54) is 0 Å². The normalized spacial score (nSPS) is 13.9. The highest BCUT2D eigenvalue weighted by Crippen LogP contribution is 2.34. The molecular weight excluding hydrogens is 312 g/mol. The van der Waals surface area contributed by atoms with Gasteiger partial charge >= 0.3 is 0 Å². The van der Waals surface area contributed by atoms with E-state index in [9.17, 15) is 9.59 Å². The quantitative estimate of drug-likeness (QED) is 0.924. The zero-order valence-electron chi connectivity index (χ0n) is 13.4. The van der Waals surface area contributed by atoms with Gasteiger partial charge in [0.1, 0.15) is 5.56 Å². The average Bonchev–Trinajstić information content (AvgIpc) is 3.27. The predicted molar refractivity (Wildman–Crippen MR) is 92.6 cm³/mol. The van der Waals surface area contributed by atoms with Crippen LogP contribution in [0.3, 0.4) is 0 Å². The van der Waals surface area contributed by atoms with Crippen molar-refractivity contribution in [3.8, 4) is 0 Å². The number of aryl methyl sites for hydroxylation is 3. The molecule has 1 aliphatic carbocycles. The topological polar surface area (TPSA) is 51.1 Å². The van der Waals surface area contributed by atoms with Crippen molar-refractivity contribution < 1.29 is 4.79 Å². The summed E-state index contributed by atoms with van der Waals surface area (Å²) in [5.74, 6) is -0.387. The van der Waals surface area contributed by atoms with Crippen molar-refractivity contribution in [2.75, 3.05) is 5.32 Å². The summed E-state index contributed by atoms with van der Waals surface area (Å²) in [6, 6.07) is 7.45. The zero-order valence-corrected chi connectivity index (χ0v) is 14.2. The number of anilines is 1. The second kappa shape index (κ2) is 5.85. The van der Waals surface area contributed by atoms with E-state index in [0.29, 0.717) is 16.3 Å². The third-order valence-corrected chi connectivity index (χ3v) is 4.61. The third-order valence-electron chi connectivity index (χ3n) is 4.20. The van der Waals surface area contributed by atoms with Gasteiger partial charge in [-0.15, -0.1) is 0 Å². The first-order valence-corrected chi connectivity index (χ1v) is 8.06. The Balaban J connectivity index is 1.97. The molecule has 0 aliphatic heterocycles. The number of amides is 1. The average molecular weight is 331 g/mol. The number of nitrogens with one attached hydrogen (secondary N) is 1. The van der Waals surface area contributed by atoms with Crippen LogP contribution in [0.15, 0.2) is 29.1 Å². The van der Waals surface area contributed by atoms with Gasteiger partial charge in [-0.3, -0.25) is 9.59 Å². The monoisotopic (exact) mass is 330 g/mol. The minimum atomic E-state index is -0.387. The number of aromatic nitrogens is 1. The highest BCUT2D eigenvalue weighted by molar-refractivity contribution is 6.31. The van der Waals surface area contributed by atoms with E-state index in [1.54, 1.807) is 23.6 Å². The first kappa shape index (κ1) is 15.8. The van der Waals surface area contributed by atoms with Crippen molar-refractivity contribution in [2.45, 2.75) is 39.7 Å². The summed E-state index contributed by atoms with van der Waals surface area (Å²) >= 11 is 6.08. The predicted octanol–water partition coefficient (Wildman–Crippen LogP) is 4.01. The summed E-state index contributed by atoms with van der Waals surface area (Å²) in [5.41, 5.74) is 3.13. The van der Waals surface area contributed by atoms with Gasteiger partial charge in [-0.2, -0.15) is 0 Å². The molecule has 23 heavy (non-hydrogen) atoms. The second-order valence-electron chi connectivity index (χ2n) is 6.17. The van der Waals surface area contributed by atoms with Crippen molar-refractivity contribution in [3.63, 3.8) is 0 Å². The molecule has 1 aliphatic rings. The Morgan fingerprint density at radius 3 is 2.48 bits per heavy atom. The first-order valence-electron chi connectivity index (χ1n) is 7.68. The number of carbonyl (C=O) groups is 1. The van der Waals surface area contributed by atoms with Crippen molar-refractivity contribution in [2.24, 2.45) is 0 Å². The maximum atomic E-state index is 12.7. The van der Waals surface area contributed by atoms with Crippen LogP contribution in [0.4, 0.5) is 5.69 Å². The van der Waals surface area contributed by atoms with Crippen LogP contribution in [0.1, 0.15) is 46.1 Å². The Labute approximate surface area is 140 Å². The number of rotatable bonds is 3. The Morgan fingerprint density at radius 1 is 1.17 bits per heavy atom. The van der Waals surface area contributed by atoms with E-state index in [-0.39, 0.29) is 23.1 Å². The maximum Gasteiger partial charge on any atom is 0.264 e. The molecule has 1 aromatic carbocycles. The van der Waals surface area contributed by atoms with Gasteiger partial charge in [0.25, 0.3) is 11.5 Å². The molecule has 1 aromatic heterocycles. The van der Waals surface area contributed by atoms with Gasteiger partial charge in [0.05, 0.1) is 0 Å². The highest BCUT2D eigenvalue weighted by Gasteiger charge is 2.28. The molecule has 0 spiro atoms. The molecule has 1 saturated carbocycles. The lowest BCUT2D eigenvalue weighted by atomic mass is 10.1. The molecule has 5 heteroatoms. The van der Waals surface area contributed by atoms with Gasteiger partial charge < -0.3 is 9.88 Å². The standard InChI is InChI=1S/C18H19ClN2O2/c1-10-4-5-13(9-15(10)19)20-17(22)16-11(2)8-12(3)21(18(16)23)14-6-7-14/h4-5,8-9,14H,6-7H2,1-3H3,(H,20,22). The zero-order chi connectivity index (χ0) is 16.7. The van der Waals surface area contributed by atoms with Gasteiger partial charge in [-0.05, 0) is 62.9 Å². The third kappa shape index (κ3) is 3.04. The van der Waals surface area contributed by atoms with E-state index in [0.717, 1.165) is 24.1 Å². The molecule has 2 aromatic rings. The molecule has 0 atom stereocenters. The van der Waals surface area contributed by atoms with Crippen molar-refractivity contribution in [3.05, 3.63) is 62.0 Å². The highest BCUT2D eigenvalue weighted by atomic mass is 35.5. The van der Waals surface area contributed by atoms with Gasteiger partial charge in [0, 0.05) is 22.4 Å². The van der Waals surface area contributed by atoms with Crippen molar-refractivity contribution in [1.29, 1.82) is 0 Å². The lowest BCUT2D eigenvalue weighted by Crippen LogP contribution is -2.31. The van der Waals surface area contributed by atoms with E-state index in [4.69, 9.17) is 11.6 Å². The molecule has 120 valence electrons. The van der Waals surface area contributed by atoms with Gasteiger partial charge in [0.15, 0.2) is 0 Å². The number of carbonyl (C=O) groups excluding carboxylic acids is 1. The molecule has 3 rings (SSSR count). The summed E-state index contributed by atoms with van der Waals surface area (Å²) in [4.78, 5) is 25.3. The molecular formula is C18H19ClN2O2. The van der Waals surface area contributed by atoms with Crippen molar-refractivity contribution in [1.82, 2.24) is 4.57 Å². The van der Waals surface area contributed by atoms with Crippen LogP contribution in [0, 0.1) is 20.8 Å². The SMILES string of the molecule is Cc1ccc(NC(=O)c2c(C)cc(C)n(C3CC3)c2=O)cc1Cl. The van der Waals surface area contributed by atoms with E-state index in [1.807, 2.05) is 26.0 Å². The Bertz CT molecular complexity index is 851. The van der Waals surface area contributed by atoms with Crippen LogP contribution in [0.5, 0.6) is 0 Å². The van der Waals surface area contributed by atoms with Gasteiger partial charge in [-0.1, -0.05) is 17.7 Å². The lowest BCUT2D eigenvalue weighted by Gasteiger charge is -2.14. The fourth-order valence-corrected chi connectivity index (χ4v) is 3.01. The number of benzene rings is 1. The Morgan fingerprint density at radius 2 is 1.87 bits per heavy atom. The van der Waals surface area contributed by atoms with E-state index >= 15 is 0 Å². The van der Waals surface area contributed by atoms with Crippen LogP contribution < -0.4 is 10.9 Å². The smallest absolute Gasteiger partial charge is 0.264 e. The maximum absolute atomic E-state index is 12.7. The molecule has 1 fully saturated rings. The Hall–Kier alpha value is -2.07. The van der Waals surface area contributed by atoms with E-state index < -0.39 is 0 Å². The van der Waals surface area contributed by atoms with Crippen LogP contribution in [-0.2, 0) is 0 Å². The van der Waals surface area contributed by atoms with Gasteiger partial charge in [-0.25, -0.2) is 0 Å². The summed E-state index contributed by atoms with van der Waals surface area (Å²) in [7, 11) is 0. The molecule has 0 bridgehead atoms. The second-order valence-corrected chi connectivity index (χ2v) is 6.58. The molecule has 1 amide bonds. The molecule has 4 nitrogen and oxygen atoms in total. The number of pyridine rings is 1. The number of hydrogen-bond donors (Lipinski definition) is 1.